The summed E-state index contributed by atoms with van der Waals surface area (Å²) in [5.74, 6) is 0.555. The van der Waals surface area contributed by atoms with E-state index in [4.69, 9.17) is 4.42 Å². The average Bonchev–Trinajstić information content (AvgIpc) is 3.22. The maximum Gasteiger partial charge on any atom is 0.420 e. The van der Waals surface area contributed by atoms with Gasteiger partial charge in [-0.05, 0) is 38.9 Å². The topological polar surface area (TPSA) is 62.1 Å². The molecule has 1 fully saturated rings. The minimum atomic E-state index is -4.47. The van der Waals surface area contributed by atoms with Crippen LogP contribution in [0.4, 0.5) is 13.2 Å². The first kappa shape index (κ1) is 16.8. The highest BCUT2D eigenvalue weighted by Crippen LogP contribution is 2.38. The van der Waals surface area contributed by atoms with Gasteiger partial charge in [-0.2, -0.15) is 13.2 Å². The molecule has 5 nitrogen and oxygen atoms in total. The Hall–Kier alpha value is -2.09. The highest BCUT2D eigenvalue weighted by molar-refractivity contribution is 5.57. The van der Waals surface area contributed by atoms with Crippen molar-refractivity contribution in [2.45, 2.75) is 37.9 Å². The van der Waals surface area contributed by atoms with Crippen molar-refractivity contribution in [3.8, 4) is 11.5 Å². The van der Waals surface area contributed by atoms with E-state index in [0.717, 1.165) is 44.5 Å². The van der Waals surface area contributed by atoms with Gasteiger partial charge in [0.1, 0.15) is 23.4 Å². The van der Waals surface area contributed by atoms with Gasteiger partial charge >= 0.3 is 6.18 Å². The maximum atomic E-state index is 13.0. The minimum absolute atomic E-state index is 0.115. The van der Waals surface area contributed by atoms with E-state index in [1.165, 1.54) is 6.20 Å². The van der Waals surface area contributed by atoms with Gasteiger partial charge in [-0.3, -0.25) is 4.90 Å². The zero-order valence-corrected chi connectivity index (χ0v) is 13.1. The van der Waals surface area contributed by atoms with Crippen LogP contribution in [-0.4, -0.2) is 40.3 Å². The van der Waals surface area contributed by atoms with Crippen LogP contribution in [0.1, 0.15) is 37.1 Å². The molecule has 1 unspecified atom stereocenters. The number of imidazole rings is 1. The van der Waals surface area contributed by atoms with E-state index in [0.29, 0.717) is 5.82 Å². The number of aldehydes is 1. The third-order valence-electron chi connectivity index (χ3n) is 4.50. The molecule has 1 atom stereocenters. The summed E-state index contributed by atoms with van der Waals surface area (Å²) >= 11 is 0. The first-order valence-electron chi connectivity index (χ1n) is 7.79. The van der Waals surface area contributed by atoms with Crippen LogP contribution < -0.4 is 0 Å². The molecule has 0 radical (unpaired) electrons. The van der Waals surface area contributed by atoms with E-state index in [9.17, 15) is 18.0 Å². The Morgan fingerprint density at radius 3 is 2.75 bits per heavy atom. The molecule has 1 saturated heterocycles. The Morgan fingerprint density at radius 1 is 1.42 bits per heavy atom. The molecule has 3 rings (SSSR count). The van der Waals surface area contributed by atoms with E-state index in [2.05, 4.69) is 14.9 Å². The summed E-state index contributed by atoms with van der Waals surface area (Å²) in [7, 11) is 0. The van der Waals surface area contributed by atoms with Gasteiger partial charge in [0.05, 0.1) is 18.5 Å². The maximum absolute atomic E-state index is 13.0. The zero-order valence-electron chi connectivity index (χ0n) is 13.1. The summed E-state index contributed by atoms with van der Waals surface area (Å²) in [6, 6.07) is 0.797. The van der Waals surface area contributed by atoms with Crippen molar-refractivity contribution in [1.29, 1.82) is 0 Å². The largest absolute Gasteiger partial charge is 0.462 e. The van der Waals surface area contributed by atoms with Crippen LogP contribution in [0.15, 0.2) is 22.9 Å². The molecule has 3 heterocycles. The van der Waals surface area contributed by atoms with E-state index in [1.807, 2.05) is 6.92 Å². The fraction of sp³-hybridized carbons (Fsp3) is 0.500. The van der Waals surface area contributed by atoms with Crippen LogP contribution in [0.3, 0.4) is 0 Å². The second-order valence-electron chi connectivity index (χ2n) is 6.03. The average molecular weight is 341 g/mol. The number of hydrogen-bond acceptors (Lipinski definition) is 4. The molecular formula is C16H18F3N3O2. The molecule has 8 heteroatoms. The molecule has 0 saturated carbocycles. The molecule has 1 N–H and O–H groups in total. The molecule has 0 spiro atoms. The van der Waals surface area contributed by atoms with Gasteiger partial charge in [-0.15, -0.1) is 0 Å². The highest BCUT2D eigenvalue weighted by Gasteiger charge is 2.36. The fourth-order valence-corrected chi connectivity index (χ4v) is 3.07. The summed E-state index contributed by atoms with van der Waals surface area (Å²) < 4.78 is 43.9. The molecule has 2 aromatic rings. The second-order valence-corrected chi connectivity index (χ2v) is 6.03. The van der Waals surface area contributed by atoms with E-state index in [1.54, 1.807) is 0 Å². The number of likely N-dealkylation sites (tertiary alicyclic amines) is 1. The monoisotopic (exact) mass is 341 g/mol. The number of furan rings is 1. The predicted octanol–water partition coefficient (Wildman–Crippen LogP) is 3.46. The SMILES string of the molecule is CC(C=O)N1CCC(c2ncc(-c3occc3C(F)(F)F)[nH]2)CC1. The van der Waals surface area contributed by atoms with Crippen molar-refractivity contribution >= 4 is 6.29 Å². The standard InChI is InChI=1S/C16H18F3N3O2/c1-10(9-23)22-5-2-11(3-6-22)15-20-8-13(21-15)14-12(4-7-24-14)16(17,18)19/h4,7-11H,2-3,5-6H2,1H3,(H,20,21). The predicted molar refractivity (Wildman–Crippen MR) is 80.4 cm³/mol. The number of carbonyl (C=O) groups excluding carboxylic acids is 1. The number of aromatic nitrogens is 2. The summed E-state index contributed by atoms with van der Waals surface area (Å²) in [4.78, 5) is 20.1. The number of aromatic amines is 1. The number of rotatable bonds is 4. The van der Waals surface area contributed by atoms with Crippen molar-refractivity contribution < 1.29 is 22.4 Å². The Morgan fingerprint density at radius 2 is 2.12 bits per heavy atom. The molecule has 1 aliphatic rings. The van der Waals surface area contributed by atoms with E-state index < -0.39 is 11.7 Å². The van der Waals surface area contributed by atoms with Gasteiger partial charge in [0.15, 0.2) is 5.76 Å². The molecule has 130 valence electrons. The zero-order chi connectivity index (χ0) is 17.3. The summed E-state index contributed by atoms with van der Waals surface area (Å²) in [6.07, 6.45) is 0.456. The number of hydrogen-bond donors (Lipinski definition) is 1. The quantitative estimate of drug-likeness (QED) is 0.865. The number of H-pyrrole nitrogens is 1. The Balaban J connectivity index is 1.73. The van der Waals surface area contributed by atoms with Crippen molar-refractivity contribution in [3.63, 3.8) is 0 Å². The number of nitrogens with one attached hydrogen (secondary N) is 1. The van der Waals surface area contributed by atoms with Crippen LogP contribution in [0.2, 0.25) is 0 Å². The lowest BCUT2D eigenvalue weighted by Gasteiger charge is -2.33. The van der Waals surface area contributed by atoms with Gasteiger partial charge in [0, 0.05) is 5.92 Å². The molecule has 0 amide bonds. The van der Waals surface area contributed by atoms with Crippen LogP contribution in [0, 0.1) is 0 Å². The number of alkyl halides is 3. The number of carbonyl (C=O) groups is 1. The van der Waals surface area contributed by atoms with Crippen molar-refractivity contribution in [2.24, 2.45) is 0 Å². The second kappa shape index (κ2) is 6.43. The Kier molecular flexibility index (Phi) is 4.49. The van der Waals surface area contributed by atoms with E-state index >= 15 is 0 Å². The molecule has 0 aromatic carbocycles. The number of halogens is 3. The van der Waals surface area contributed by atoms with E-state index in [-0.39, 0.29) is 23.4 Å². The minimum Gasteiger partial charge on any atom is -0.462 e. The summed E-state index contributed by atoms with van der Waals surface area (Å²) in [5.41, 5.74) is -0.585. The molecule has 0 bridgehead atoms. The van der Waals surface area contributed by atoms with Gasteiger partial charge in [0.25, 0.3) is 0 Å². The van der Waals surface area contributed by atoms with Crippen molar-refractivity contribution in [3.05, 3.63) is 29.9 Å². The number of nitrogens with zero attached hydrogens (tertiary/aromatic N) is 2. The normalized spacial score (nSPS) is 18.7. The lowest BCUT2D eigenvalue weighted by atomic mass is 9.95. The van der Waals surface area contributed by atoms with Crippen molar-refractivity contribution in [2.75, 3.05) is 13.1 Å². The van der Waals surface area contributed by atoms with Crippen LogP contribution in [0.25, 0.3) is 11.5 Å². The molecule has 0 aliphatic carbocycles. The smallest absolute Gasteiger partial charge is 0.420 e. The molecule has 24 heavy (non-hydrogen) atoms. The van der Waals surface area contributed by atoms with Gasteiger partial charge in [0.2, 0.25) is 0 Å². The van der Waals surface area contributed by atoms with Crippen LogP contribution in [0.5, 0.6) is 0 Å². The third kappa shape index (κ3) is 3.24. The summed E-state index contributed by atoms with van der Waals surface area (Å²) in [6.45, 7) is 3.37. The Bertz CT molecular complexity index is 699. The fourth-order valence-electron chi connectivity index (χ4n) is 3.07. The third-order valence-corrected chi connectivity index (χ3v) is 4.50. The highest BCUT2D eigenvalue weighted by atomic mass is 19.4. The van der Waals surface area contributed by atoms with Crippen LogP contribution >= 0.6 is 0 Å². The lowest BCUT2D eigenvalue weighted by molar-refractivity contribution is -0.137. The Labute approximate surface area is 136 Å². The first-order chi connectivity index (χ1) is 11.4. The van der Waals surface area contributed by atoms with Gasteiger partial charge in [-0.25, -0.2) is 4.98 Å². The van der Waals surface area contributed by atoms with Gasteiger partial charge < -0.3 is 14.2 Å². The molecular weight excluding hydrogens is 323 g/mol. The number of piperidine rings is 1. The molecule has 2 aromatic heterocycles. The molecule has 1 aliphatic heterocycles. The van der Waals surface area contributed by atoms with Crippen molar-refractivity contribution in [1.82, 2.24) is 14.9 Å². The van der Waals surface area contributed by atoms with Gasteiger partial charge in [-0.1, -0.05) is 0 Å². The van der Waals surface area contributed by atoms with Crippen LogP contribution in [-0.2, 0) is 11.0 Å². The summed E-state index contributed by atoms with van der Waals surface area (Å²) in [5, 5.41) is 0. The lowest BCUT2D eigenvalue weighted by Crippen LogP contribution is -2.40. The first-order valence-corrected chi connectivity index (χ1v) is 7.79.